The summed E-state index contributed by atoms with van der Waals surface area (Å²) in [6, 6.07) is 14.3. The number of rotatable bonds is 6. The van der Waals surface area contributed by atoms with Gasteiger partial charge in [0.25, 0.3) is 17.2 Å². The van der Waals surface area contributed by atoms with Gasteiger partial charge in [0.2, 0.25) is 5.95 Å². The summed E-state index contributed by atoms with van der Waals surface area (Å²) < 4.78 is 12.1. The summed E-state index contributed by atoms with van der Waals surface area (Å²) in [6.07, 6.45) is 0. The molecule has 2 aromatic carbocycles. The van der Waals surface area contributed by atoms with E-state index in [-0.39, 0.29) is 29.7 Å². The van der Waals surface area contributed by atoms with Crippen LogP contribution >= 0.6 is 0 Å². The van der Waals surface area contributed by atoms with Gasteiger partial charge in [-0.25, -0.2) is 4.98 Å². The molecule has 2 heterocycles. The van der Waals surface area contributed by atoms with Crippen molar-refractivity contribution in [3.8, 4) is 11.5 Å². The first-order chi connectivity index (χ1) is 15.4. The maximum Gasteiger partial charge on any atom is 0.277 e. The lowest BCUT2D eigenvalue weighted by Gasteiger charge is -2.22. The van der Waals surface area contributed by atoms with Crippen molar-refractivity contribution in [2.45, 2.75) is 20.4 Å². The summed E-state index contributed by atoms with van der Waals surface area (Å²) in [7, 11) is 3.08. The van der Waals surface area contributed by atoms with Gasteiger partial charge in [-0.2, -0.15) is 9.50 Å². The van der Waals surface area contributed by atoms with E-state index in [1.807, 2.05) is 24.3 Å². The molecule has 0 aliphatic carbocycles. The Kier molecular flexibility index (Phi) is 5.63. The van der Waals surface area contributed by atoms with E-state index in [1.165, 1.54) is 16.5 Å². The number of carbonyl (C=O) groups excluding carboxylic acids is 1. The third-order valence-electron chi connectivity index (χ3n) is 5.31. The molecular formula is C23H23N5O4. The van der Waals surface area contributed by atoms with Gasteiger partial charge in [-0.3, -0.25) is 19.6 Å². The molecular weight excluding hydrogens is 410 g/mol. The van der Waals surface area contributed by atoms with E-state index in [1.54, 1.807) is 45.2 Å². The first kappa shape index (κ1) is 21.1. The number of amides is 1. The van der Waals surface area contributed by atoms with Crippen LogP contribution in [-0.2, 0) is 6.54 Å². The lowest BCUT2D eigenvalue weighted by molar-refractivity contribution is 0.0980. The van der Waals surface area contributed by atoms with Crippen LogP contribution in [0.25, 0.3) is 5.78 Å². The molecule has 4 aromatic rings. The molecule has 1 amide bonds. The summed E-state index contributed by atoms with van der Waals surface area (Å²) in [6.45, 7) is 3.59. The Labute approximate surface area is 184 Å². The summed E-state index contributed by atoms with van der Waals surface area (Å²) in [5.41, 5.74) is 1.95. The fraction of sp³-hybridized carbons (Fsp3) is 0.217. The second kappa shape index (κ2) is 8.54. The van der Waals surface area contributed by atoms with Crippen LogP contribution in [0.4, 0.5) is 5.95 Å². The molecule has 0 fully saturated rings. The minimum atomic E-state index is -0.353. The Hall–Kier alpha value is -4.14. The van der Waals surface area contributed by atoms with Gasteiger partial charge in [-0.05, 0) is 32.0 Å². The van der Waals surface area contributed by atoms with Gasteiger partial charge in [0.15, 0.2) is 0 Å². The highest BCUT2D eigenvalue weighted by Gasteiger charge is 2.26. The number of fused-ring (bicyclic) bond motifs is 1. The van der Waals surface area contributed by atoms with Gasteiger partial charge in [0.05, 0.1) is 26.3 Å². The minimum absolute atomic E-state index is 0.146. The van der Waals surface area contributed by atoms with Crippen LogP contribution in [0, 0.1) is 13.8 Å². The number of nitrogens with one attached hydrogen (secondary N) is 1. The normalized spacial score (nSPS) is 10.9. The molecule has 9 heteroatoms. The van der Waals surface area contributed by atoms with Gasteiger partial charge in [0.1, 0.15) is 11.5 Å². The van der Waals surface area contributed by atoms with Crippen molar-refractivity contribution in [1.29, 1.82) is 0 Å². The second-order valence-electron chi connectivity index (χ2n) is 7.21. The molecule has 0 aliphatic heterocycles. The number of nitrogens with zero attached hydrogens (tertiary/aromatic N) is 4. The number of ether oxygens (including phenoxy) is 2. The van der Waals surface area contributed by atoms with Crippen LogP contribution in [0.3, 0.4) is 0 Å². The molecule has 9 nitrogen and oxygen atoms in total. The largest absolute Gasteiger partial charge is 0.496 e. The summed E-state index contributed by atoms with van der Waals surface area (Å²) in [4.78, 5) is 36.6. The third kappa shape index (κ3) is 3.68. The molecule has 0 bridgehead atoms. The van der Waals surface area contributed by atoms with Crippen LogP contribution in [0.1, 0.15) is 27.2 Å². The number of aromatic nitrogens is 4. The van der Waals surface area contributed by atoms with Crippen molar-refractivity contribution in [3.05, 3.63) is 81.3 Å². The molecule has 0 radical (unpaired) electrons. The van der Waals surface area contributed by atoms with E-state index >= 15 is 0 Å². The highest BCUT2D eigenvalue weighted by atomic mass is 16.5. The number of aromatic amines is 1. The molecule has 0 spiro atoms. The van der Waals surface area contributed by atoms with Crippen LogP contribution in [0.15, 0.2) is 53.3 Å². The Morgan fingerprint density at radius 3 is 2.38 bits per heavy atom. The zero-order chi connectivity index (χ0) is 22.8. The zero-order valence-corrected chi connectivity index (χ0v) is 18.2. The minimum Gasteiger partial charge on any atom is -0.496 e. The van der Waals surface area contributed by atoms with Gasteiger partial charge >= 0.3 is 0 Å². The van der Waals surface area contributed by atoms with Crippen LogP contribution in [0.5, 0.6) is 11.5 Å². The van der Waals surface area contributed by atoms with Crippen molar-refractivity contribution in [2.75, 3.05) is 19.1 Å². The first-order valence-corrected chi connectivity index (χ1v) is 9.97. The monoisotopic (exact) mass is 433 g/mol. The Morgan fingerprint density at radius 2 is 1.66 bits per heavy atom. The molecule has 0 saturated carbocycles. The molecule has 2 aromatic heterocycles. The highest BCUT2D eigenvalue weighted by Crippen LogP contribution is 2.26. The predicted molar refractivity (Wildman–Crippen MR) is 120 cm³/mol. The van der Waals surface area contributed by atoms with Crippen molar-refractivity contribution in [3.63, 3.8) is 0 Å². The number of aryl methyl sites for hydroxylation is 1. The number of carbonyl (C=O) groups is 1. The van der Waals surface area contributed by atoms with E-state index in [0.29, 0.717) is 28.3 Å². The Balaban J connectivity index is 1.87. The standard InChI is InChI=1S/C23H23N5O4/c1-14-15(2)24-22-25-23(26-28(22)20(14)29)27(13-16-9-5-7-11-18(16)31-3)21(30)17-10-6-8-12-19(17)32-4/h5-12H,13H2,1-4H3,(H,24,25,26). The smallest absolute Gasteiger partial charge is 0.277 e. The topological polar surface area (TPSA) is 102 Å². The average Bonchev–Trinajstić information content (AvgIpc) is 3.24. The molecule has 0 unspecified atom stereocenters. The van der Waals surface area contributed by atoms with E-state index in [2.05, 4.69) is 15.1 Å². The number of H-pyrrole nitrogens is 1. The zero-order valence-electron chi connectivity index (χ0n) is 18.2. The number of anilines is 1. The lowest BCUT2D eigenvalue weighted by atomic mass is 10.1. The summed E-state index contributed by atoms with van der Waals surface area (Å²) in [5.74, 6) is 1.07. The van der Waals surface area contributed by atoms with Gasteiger partial charge in [-0.15, -0.1) is 0 Å². The van der Waals surface area contributed by atoms with Gasteiger partial charge < -0.3 is 9.47 Å². The molecule has 164 valence electrons. The fourth-order valence-corrected chi connectivity index (χ4v) is 3.43. The van der Waals surface area contributed by atoms with Crippen molar-refractivity contribution < 1.29 is 14.3 Å². The van der Waals surface area contributed by atoms with E-state index in [9.17, 15) is 9.59 Å². The number of hydrogen-bond donors (Lipinski definition) is 1. The SMILES string of the molecule is COc1ccccc1CN(C(=O)c1ccccc1OC)c1nc2nc(C)c(C)c(=O)n2[nH]1. The molecule has 1 N–H and O–H groups in total. The van der Waals surface area contributed by atoms with Crippen LogP contribution < -0.4 is 19.9 Å². The summed E-state index contributed by atoms with van der Waals surface area (Å²) in [5, 5.41) is 2.93. The highest BCUT2D eigenvalue weighted by molar-refractivity contribution is 6.07. The Bertz CT molecular complexity index is 1360. The van der Waals surface area contributed by atoms with Crippen LogP contribution in [-0.4, -0.2) is 39.7 Å². The first-order valence-electron chi connectivity index (χ1n) is 9.97. The molecule has 32 heavy (non-hydrogen) atoms. The van der Waals surface area contributed by atoms with Gasteiger partial charge in [-0.1, -0.05) is 30.3 Å². The van der Waals surface area contributed by atoms with Crippen LogP contribution in [0.2, 0.25) is 0 Å². The lowest BCUT2D eigenvalue weighted by Crippen LogP contribution is -2.32. The van der Waals surface area contributed by atoms with E-state index in [0.717, 1.165) is 5.56 Å². The van der Waals surface area contributed by atoms with Crippen molar-refractivity contribution in [2.24, 2.45) is 0 Å². The number of hydrogen-bond acceptors (Lipinski definition) is 6. The molecule has 4 rings (SSSR count). The van der Waals surface area contributed by atoms with Crippen molar-refractivity contribution >= 4 is 17.6 Å². The Morgan fingerprint density at radius 1 is 1.00 bits per heavy atom. The quantitative estimate of drug-likeness (QED) is 0.502. The van der Waals surface area contributed by atoms with E-state index in [4.69, 9.17) is 9.47 Å². The molecule has 0 atom stereocenters. The number of para-hydroxylation sites is 2. The molecule has 0 saturated heterocycles. The molecule has 0 aliphatic rings. The van der Waals surface area contributed by atoms with Gasteiger partial charge in [0, 0.05) is 16.8 Å². The summed E-state index contributed by atoms with van der Waals surface area (Å²) >= 11 is 0. The van der Waals surface area contributed by atoms with E-state index < -0.39 is 0 Å². The average molecular weight is 433 g/mol. The number of methoxy groups -OCH3 is 2. The maximum absolute atomic E-state index is 13.7. The third-order valence-corrected chi connectivity index (χ3v) is 5.31. The number of benzene rings is 2. The predicted octanol–water partition coefficient (Wildman–Crippen LogP) is 2.90. The van der Waals surface area contributed by atoms with Crippen molar-refractivity contribution in [1.82, 2.24) is 19.6 Å². The second-order valence-corrected chi connectivity index (χ2v) is 7.21. The maximum atomic E-state index is 13.7. The fourth-order valence-electron chi connectivity index (χ4n) is 3.43.